The molecule has 0 saturated heterocycles. The summed E-state index contributed by atoms with van der Waals surface area (Å²) in [5.41, 5.74) is 1.79. The third kappa shape index (κ3) is 3.64. The number of fused-ring (bicyclic) bond motifs is 1. The Morgan fingerprint density at radius 1 is 1.12 bits per heavy atom. The molecule has 3 rings (SSSR count). The van der Waals surface area contributed by atoms with Gasteiger partial charge in [-0.25, -0.2) is 4.98 Å². The van der Waals surface area contributed by atoms with Crippen LogP contribution in [0.5, 0.6) is 0 Å². The van der Waals surface area contributed by atoms with Crippen molar-refractivity contribution in [1.29, 1.82) is 0 Å². The van der Waals surface area contributed by atoms with E-state index >= 15 is 0 Å². The van der Waals surface area contributed by atoms with Crippen LogP contribution in [0.15, 0.2) is 41.3 Å². The van der Waals surface area contributed by atoms with Crippen LogP contribution in [0.25, 0.3) is 11.0 Å². The molecule has 1 aromatic carbocycles. The van der Waals surface area contributed by atoms with Crippen molar-refractivity contribution in [3.63, 3.8) is 0 Å². The molecule has 0 unspecified atom stereocenters. The molecule has 6 nitrogen and oxygen atoms in total. The van der Waals surface area contributed by atoms with Gasteiger partial charge in [0, 0.05) is 26.6 Å². The normalized spacial score (nSPS) is 11.5. The average molecular weight is 339 g/mol. The van der Waals surface area contributed by atoms with Crippen molar-refractivity contribution in [2.45, 2.75) is 26.8 Å². The minimum atomic E-state index is -0.00353. The number of nitrogens with zero attached hydrogens (tertiary/aromatic N) is 5. The first-order valence-corrected chi connectivity index (χ1v) is 8.81. The molecule has 2 heterocycles. The second kappa shape index (κ2) is 7.61. The summed E-state index contributed by atoms with van der Waals surface area (Å²) in [4.78, 5) is 20.1. The predicted molar refractivity (Wildman–Crippen MR) is 99.8 cm³/mol. The fourth-order valence-electron chi connectivity index (χ4n) is 3.08. The van der Waals surface area contributed by atoms with Crippen LogP contribution in [0, 0.1) is 0 Å². The minimum absolute atomic E-state index is 0.00353. The summed E-state index contributed by atoms with van der Waals surface area (Å²) in [6.45, 7) is 7.70. The smallest absolute Gasteiger partial charge is 0.264 e. The summed E-state index contributed by atoms with van der Waals surface area (Å²) in [7, 11) is 1.82. The van der Waals surface area contributed by atoms with E-state index in [0.29, 0.717) is 24.0 Å². The molecule has 0 spiro atoms. The number of likely N-dealkylation sites (N-methyl/N-ethyl adjacent to an activating group) is 1. The third-order valence-corrected chi connectivity index (χ3v) is 4.67. The SMILES string of the molecule is CCN(CC)CCn1c(Cc2ccccc2)nc2c(cnn2C)c1=O. The van der Waals surface area contributed by atoms with E-state index in [9.17, 15) is 4.79 Å². The van der Waals surface area contributed by atoms with Gasteiger partial charge in [0.25, 0.3) is 5.56 Å². The third-order valence-electron chi connectivity index (χ3n) is 4.67. The van der Waals surface area contributed by atoms with Crippen LogP contribution in [-0.2, 0) is 20.0 Å². The van der Waals surface area contributed by atoms with E-state index in [-0.39, 0.29) is 5.56 Å². The molecule has 0 amide bonds. The van der Waals surface area contributed by atoms with Crippen molar-refractivity contribution in [2.24, 2.45) is 7.05 Å². The zero-order valence-corrected chi connectivity index (χ0v) is 15.1. The second-order valence-corrected chi connectivity index (χ2v) is 6.18. The molecular formula is C19H25N5O. The Labute approximate surface area is 147 Å². The molecule has 0 aliphatic rings. The Balaban J connectivity index is 2.03. The predicted octanol–water partition coefficient (Wildman–Crippen LogP) is 2.06. The van der Waals surface area contributed by atoms with Crippen molar-refractivity contribution in [1.82, 2.24) is 24.2 Å². The van der Waals surface area contributed by atoms with E-state index < -0.39 is 0 Å². The maximum atomic E-state index is 13.0. The van der Waals surface area contributed by atoms with Gasteiger partial charge in [0.05, 0.1) is 6.20 Å². The van der Waals surface area contributed by atoms with E-state index in [0.717, 1.165) is 31.0 Å². The van der Waals surface area contributed by atoms with Crippen molar-refractivity contribution in [3.05, 3.63) is 58.3 Å². The summed E-state index contributed by atoms with van der Waals surface area (Å²) in [5.74, 6) is 0.791. The largest absolute Gasteiger partial charge is 0.302 e. The first kappa shape index (κ1) is 17.4. The molecule has 0 fully saturated rings. The number of hydrogen-bond donors (Lipinski definition) is 0. The lowest BCUT2D eigenvalue weighted by Crippen LogP contribution is -2.33. The summed E-state index contributed by atoms with van der Waals surface area (Å²) in [6.07, 6.45) is 2.25. The Hall–Kier alpha value is -2.47. The van der Waals surface area contributed by atoms with Crippen molar-refractivity contribution < 1.29 is 0 Å². The van der Waals surface area contributed by atoms with Gasteiger partial charge in [-0.3, -0.25) is 14.0 Å². The molecule has 0 aliphatic carbocycles. The van der Waals surface area contributed by atoms with Gasteiger partial charge >= 0.3 is 0 Å². The second-order valence-electron chi connectivity index (χ2n) is 6.18. The monoisotopic (exact) mass is 339 g/mol. The lowest BCUT2D eigenvalue weighted by Gasteiger charge is -2.20. The van der Waals surface area contributed by atoms with Gasteiger partial charge in [-0.15, -0.1) is 0 Å². The van der Waals surface area contributed by atoms with Gasteiger partial charge in [0.15, 0.2) is 5.65 Å². The van der Waals surface area contributed by atoms with Crippen molar-refractivity contribution >= 4 is 11.0 Å². The summed E-state index contributed by atoms with van der Waals surface area (Å²) in [5, 5.41) is 4.79. The highest BCUT2D eigenvalue weighted by Crippen LogP contribution is 2.11. The van der Waals surface area contributed by atoms with E-state index in [1.54, 1.807) is 10.9 Å². The van der Waals surface area contributed by atoms with Crippen LogP contribution >= 0.6 is 0 Å². The lowest BCUT2D eigenvalue weighted by molar-refractivity contribution is 0.287. The van der Waals surface area contributed by atoms with Crippen LogP contribution in [-0.4, -0.2) is 43.9 Å². The Morgan fingerprint density at radius 3 is 2.52 bits per heavy atom. The number of benzene rings is 1. The highest BCUT2D eigenvalue weighted by Gasteiger charge is 2.15. The van der Waals surface area contributed by atoms with Gasteiger partial charge in [0.2, 0.25) is 0 Å². The fourth-order valence-corrected chi connectivity index (χ4v) is 3.08. The quantitative estimate of drug-likeness (QED) is 0.661. The van der Waals surface area contributed by atoms with Crippen LogP contribution in [0.4, 0.5) is 0 Å². The van der Waals surface area contributed by atoms with Crippen LogP contribution < -0.4 is 5.56 Å². The topological polar surface area (TPSA) is 56.0 Å². The molecule has 0 N–H and O–H groups in total. The van der Waals surface area contributed by atoms with E-state index in [2.05, 4.69) is 36.0 Å². The maximum absolute atomic E-state index is 13.0. The zero-order valence-electron chi connectivity index (χ0n) is 15.1. The minimum Gasteiger partial charge on any atom is -0.302 e. The van der Waals surface area contributed by atoms with Gasteiger partial charge in [-0.05, 0) is 18.7 Å². The van der Waals surface area contributed by atoms with Crippen LogP contribution in [0.2, 0.25) is 0 Å². The van der Waals surface area contributed by atoms with E-state index in [1.165, 1.54) is 0 Å². The van der Waals surface area contributed by atoms with Gasteiger partial charge in [0.1, 0.15) is 11.2 Å². The van der Waals surface area contributed by atoms with Gasteiger partial charge in [-0.2, -0.15) is 5.10 Å². The summed E-state index contributed by atoms with van der Waals surface area (Å²) < 4.78 is 3.48. The van der Waals surface area contributed by atoms with E-state index in [4.69, 9.17) is 4.98 Å². The fraction of sp³-hybridized carbons (Fsp3) is 0.421. The number of rotatable bonds is 7. The molecule has 0 saturated carbocycles. The molecule has 0 atom stereocenters. The van der Waals surface area contributed by atoms with Crippen LogP contribution in [0.1, 0.15) is 25.2 Å². The number of aromatic nitrogens is 4. The molecule has 0 radical (unpaired) electrons. The Morgan fingerprint density at radius 2 is 1.84 bits per heavy atom. The summed E-state index contributed by atoms with van der Waals surface area (Å²) >= 11 is 0. The molecular weight excluding hydrogens is 314 g/mol. The Bertz CT molecular complexity index is 893. The molecule has 0 aliphatic heterocycles. The van der Waals surface area contributed by atoms with Crippen molar-refractivity contribution in [2.75, 3.05) is 19.6 Å². The molecule has 132 valence electrons. The zero-order chi connectivity index (χ0) is 17.8. The molecule has 2 aromatic heterocycles. The first-order valence-electron chi connectivity index (χ1n) is 8.81. The van der Waals surface area contributed by atoms with Crippen LogP contribution in [0.3, 0.4) is 0 Å². The Kier molecular flexibility index (Phi) is 5.28. The average Bonchev–Trinajstić information content (AvgIpc) is 3.00. The lowest BCUT2D eigenvalue weighted by atomic mass is 10.1. The standard InChI is InChI=1S/C19H25N5O/c1-4-23(5-2)11-12-24-17(13-15-9-7-6-8-10-15)21-18-16(19(24)25)14-20-22(18)3/h6-10,14H,4-5,11-13H2,1-3H3. The first-order chi connectivity index (χ1) is 12.1. The molecule has 0 bridgehead atoms. The highest BCUT2D eigenvalue weighted by atomic mass is 16.1. The van der Waals surface area contributed by atoms with Gasteiger partial charge in [-0.1, -0.05) is 44.2 Å². The molecule has 25 heavy (non-hydrogen) atoms. The maximum Gasteiger partial charge on any atom is 0.264 e. The number of aryl methyl sites for hydroxylation is 1. The summed E-state index contributed by atoms with van der Waals surface area (Å²) in [6, 6.07) is 10.1. The number of hydrogen-bond acceptors (Lipinski definition) is 4. The highest BCUT2D eigenvalue weighted by molar-refractivity contribution is 5.73. The van der Waals surface area contributed by atoms with Crippen molar-refractivity contribution in [3.8, 4) is 0 Å². The molecule has 3 aromatic rings. The molecule has 6 heteroatoms. The van der Waals surface area contributed by atoms with Gasteiger partial charge < -0.3 is 4.90 Å². The van der Waals surface area contributed by atoms with E-state index in [1.807, 2.05) is 29.8 Å².